The Morgan fingerprint density at radius 2 is 2.30 bits per heavy atom. The number of carbonyl (C=O) groups is 1. The molecule has 6 heteroatoms. The number of hydrogen-bond acceptors (Lipinski definition) is 4. The first-order valence-electron chi connectivity index (χ1n) is 6.83. The van der Waals surface area contributed by atoms with E-state index >= 15 is 0 Å². The van der Waals surface area contributed by atoms with Crippen molar-refractivity contribution >= 4 is 22.2 Å². The molecule has 2 heterocycles. The van der Waals surface area contributed by atoms with Gasteiger partial charge in [-0.2, -0.15) is 0 Å². The minimum atomic E-state index is -0.00881. The number of amides is 1. The van der Waals surface area contributed by atoms with Crippen molar-refractivity contribution in [3.8, 4) is 0 Å². The summed E-state index contributed by atoms with van der Waals surface area (Å²) in [7, 11) is 0. The van der Waals surface area contributed by atoms with Crippen LogP contribution < -0.4 is 5.32 Å². The topological polar surface area (TPSA) is 66.6 Å². The number of aliphatic hydroxyl groups is 1. The highest BCUT2D eigenvalue weighted by molar-refractivity contribution is 7.15. The Balaban J connectivity index is 1.90. The van der Waals surface area contributed by atoms with Crippen molar-refractivity contribution in [2.24, 2.45) is 5.92 Å². The van der Waals surface area contributed by atoms with E-state index in [9.17, 15) is 4.79 Å². The molecule has 0 aromatic carbocycles. The van der Waals surface area contributed by atoms with Gasteiger partial charge in [0.1, 0.15) is 0 Å². The van der Waals surface area contributed by atoms with Crippen molar-refractivity contribution in [3.05, 3.63) is 23.0 Å². The lowest BCUT2D eigenvalue weighted by Gasteiger charge is -2.19. The first kappa shape index (κ1) is 15.0. The van der Waals surface area contributed by atoms with E-state index in [1.54, 1.807) is 11.3 Å². The van der Waals surface area contributed by atoms with Crippen molar-refractivity contribution in [2.45, 2.75) is 39.7 Å². The van der Waals surface area contributed by atoms with Crippen molar-refractivity contribution in [3.63, 3.8) is 0 Å². The maximum absolute atomic E-state index is 11.9. The number of imidazole rings is 1. The van der Waals surface area contributed by atoms with E-state index in [0.717, 1.165) is 16.3 Å². The predicted octanol–water partition coefficient (Wildman–Crippen LogP) is 1.77. The van der Waals surface area contributed by atoms with E-state index in [1.807, 2.05) is 31.4 Å². The molecule has 2 aromatic rings. The molecule has 0 saturated heterocycles. The zero-order chi connectivity index (χ0) is 14.7. The Morgan fingerprint density at radius 1 is 1.55 bits per heavy atom. The first-order chi connectivity index (χ1) is 9.51. The molecule has 0 spiro atoms. The number of rotatable bonds is 6. The van der Waals surface area contributed by atoms with Crippen molar-refractivity contribution in [2.75, 3.05) is 6.61 Å². The molecular formula is C14H21N3O2S. The number of aliphatic hydroxyl groups excluding tert-OH is 1. The molecule has 5 nitrogen and oxygen atoms in total. The average Bonchev–Trinajstić information content (AvgIpc) is 2.94. The van der Waals surface area contributed by atoms with Crippen LogP contribution in [0.15, 0.2) is 11.6 Å². The van der Waals surface area contributed by atoms with Crippen molar-refractivity contribution in [1.82, 2.24) is 14.7 Å². The van der Waals surface area contributed by atoms with Crippen molar-refractivity contribution in [1.29, 1.82) is 0 Å². The fourth-order valence-corrected chi connectivity index (χ4v) is 2.94. The maximum Gasteiger partial charge on any atom is 0.220 e. The average molecular weight is 295 g/mol. The number of hydrogen-bond donors (Lipinski definition) is 2. The molecule has 0 aliphatic carbocycles. The monoisotopic (exact) mass is 295 g/mol. The summed E-state index contributed by atoms with van der Waals surface area (Å²) >= 11 is 1.60. The number of fused-ring (bicyclic) bond motifs is 1. The number of nitrogens with one attached hydrogen (secondary N) is 1. The lowest BCUT2D eigenvalue weighted by atomic mass is 10.0. The molecule has 2 rings (SSSR count). The quantitative estimate of drug-likeness (QED) is 0.853. The lowest BCUT2D eigenvalue weighted by Crippen LogP contribution is -2.38. The summed E-state index contributed by atoms with van der Waals surface area (Å²) in [4.78, 5) is 17.3. The van der Waals surface area contributed by atoms with Gasteiger partial charge in [0.2, 0.25) is 5.91 Å². The summed E-state index contributed by atoms with van der Waals surface area (Å²) in [5, 5.41) is 14.0. The van der Waals surface area contributed by atoms with Crippen LogP contribution in [-0.2, 0) is 11.2 Å². The van der Waals surface area contributed by atoms with E-state index in [2.05, 4.69) is 15.7 Å². The molecule has 2 unspecified atom stereocenters. The van der Waals surface area contributed by atoms with Gasteiger partial charge in [-0.25, -0.2) is 4.98 Å². The SMILES string of the molecule is Cc1cn2c(CCC(=O)NC(C)C(C)CO)csc2n1. The molecule has 0 aliphatic rings. The third-order valence-electron chi connectivity index (χ3n) is 3.54. The predicted molar refractivity (Wildman–Crippen MR) is 80.0 cm³/mol. The number of carbonyl (C=O) groups excluding carboxylic acids is 1. The highest BCUT2D eigenvalue weighted by Crippen LogP contribution is 2.17. The van der Waals surface area contributed by atoms with Crippen LogP contribution in [0.5, 0.6) is 0 Å². The Labute approximate surface area is 122 Å². The fourth-order valence-electron chi connectivity index (χ4n) is 1.99. The van der Waals surface area contributed by atoms with Gasteiger partial charge in [0, 0.05) is 36.3 Å². The largest absolute Gasteiger partial charge is 0.396 e. The van der Waals surface area contributed by atoms with Crippen LogP contribution in [-0.4, -0.2) is 33.0 Å². The van der Waals surface area contributed by atoms with Gasteiger partial charge in [-0.3, -0.25) is 9.20 Å². The second-order valence-corrected chi connectivity index (χ2v) is 6.11. The molecule has 2 atom stereocenters. The smallest absolute Gasteiger partial charge is 0.220 e. The van der Waals surface area contributed by atoms with Crippen LogP contribution in [0, 0.1) is 12.8 Å². The van der Waals surface area contributed by atoms with E-state index in [-0.39, 0.29) is 24.5 Å². The molecule has 0 fully saturated rings. The third kappa shape index (κ3) is 3.37. The van der Waals surface area contributed by atoms with Gasteiger partial charge in [-0.15, -0.1) is 11.3 Å². The second-order valence-electron chi connectivity index (χ2n) is 5.28. The summed E-state index contributed by atoms with van der Waals surface area (Å²) in [5.74, 6) is 0.0945. The number of aryl methyl sites for hydroxylation is 2. The van der Waals surface area contributed by atoms with E-state index in [1.165, 1.54) is 0 Å². The number of nitrogens with zero attached hydrogens (tertiary/aromatic N) is 2. The van der Waals surface area contributed by atoms with Gasteiger partial charge in [0.05, 0.1) is 5.69 Å². The summed E-state index contributed by atoms with van der Waals surface area (Å²) in [5.41, 5.74) is 2.11. The molecule has 0 radical (unpaired) electrons. The zero-order valence-electron chi connectivity index (χ0n) is 12.1. The Bertz CT molecular complexity index is 590. The zero-order valence-corrected chi connectivity index (χ0v) is 12.9. The van der Waals surface area contributed by atoms with Crippen LogP contribution in [0.1, 0.15) is 31.7 Å². The van der Waals surface area contributed by atoms with Gasteiger partial charge in [-0.05, 0) is 26.2 Å². The van der Waals surface area contributed by atoms with Crippen LogP contribution in [0.2, 0.25) is 0 Å². The molecule has 0 saturated carbocycles. The Kier molecular flexibility index (Phi) is 4.77. The summed E-state index contributed by atoms with van der Waals surface area (Å²) in [6.07, 6.45) is 3.14. The lowest BCUT2D eigenvalue weighted by molar-refractivity contribution is -0.122. The molecule has 2 N–H and O–H groups in total. The fraction of sp³-hybridized carbons (Fsp3) is 0.571. The summed E-state index contributed by atoms with van der Waals surface area (Å²) in [6, 6.07) is -0.00881. The van der Waals surface area contributed by atoms with Crippen LogP contribution in [0.3, 0.4) is 0 Å². The molecule has 0 aliphatic heterocycles. The van der Waals surface area contributed by atoms with Gasteiger partial charge in [0.25, 0.3) is 0 Å². The number of aromatic nitrogens is 2. The van der Waals surface area contributed by atoms with Gasteiger partial charge in [0.15, 0.2) is 4.96 Å². The highest BCUT2D eigenvalue weighted by Gasteiger charge is 2.14. The minimum Gasteiger partial charge on any atom is -0.396 e. The van der Waals surface area contributed by atoms with Crippen LogP contribution in [0.4, 0.5) is 0 Å². The van der Waals surface area contributed by atoms with E-state index in [0.29, 0.717) is 12.8 Å². The van der Waals surface area contributed by atoms with Crippen molar-refractivity contribution < 1.29 is 9.90 Å². The highest BCUT2D eigenvalue weighted by atomic mass is 32.1. The van der Waals surface area contributed by atoms with Gasteiger partial charge < -0.3 is 10.4 Å². The third-order valence-corrected chi connectivity index (χ3v) is 4.43. The Morgan fingerprint density at radius 3 is 3.00 bits per heavy atom. The van der Waals surface area contributed by atoms with Gasteiger partial charge in [-0.1, -0.05) is 6.92 Å². The molecule has 1 amide bonds. The maximum atomic E-state index is 11.9. The summed E-state index contributed by atoms with van der Waals surface area (Å²) < 4.78 is 2.05. The van der Waals surface area contributed by atoms with E-state index < -0.39 is 0 Å². The Hall–Kier alpha value is -1.40. The van der Waals surface area contributed by atoms with Crippen LogP contribution in [0.25, 0.3) is 4.96 Å². The second kappa shape index (κ2) is 6.37. The molecular weight excluding hydrogens is 274 g/mol. The molecule has 20 heavy (non-hydrogen) atoms. The standard InChI is InChI=1S/C14H21N3O2S/c1-9(7-18)11(3)16-13(19)5-4-12-8-20-14-15-10(2)6-17(12)14/h6,8-9,11,18H,4-5,7H2,1-3H3,(H,16,19). The number of thiazole rings is 1. The normalized spacial score (nSPS) is 14.4. The molecule has 0 bridgehead atoms. The van der Waals surface area contributed by atoms with Crippen LogP contribution >= 0.6 is 11.3 Å². The molecule has 2 aromatic heterocycles. The first-order valence-corrected chi connectivity index (χ1v) is 7.71. The van der Waals surface area contributed by atoms with E-state index in [4.69, 9.17) is 5.11 Å². The van der Waals surface area contributed by atoms with Gasteiger partial charge >= 0.3 is 0 Å². The minimum absolute atomic E-state index is 0.00881. The molecule has 110 valence electrons. The summed E-state index contributed by atoms with van der Waals surface area (Å²) in [6.45, 7) is 5.89.